The van der Waals surface area contributed by atoms with Crippen molar-refractivity contribution in [2.24, 2.45) is 5.92 Å². The molecule has 8 nitrogen and oxygen atoms in total. The van der Waals surface area contributed by atoms with Gasteiger partial charge >= 0.3 is 0 Å². The number of nitrogens with one attached hydrogen (secondary N) is 2. The molecule has 0 saturated carbocycles. The standard InChI is InChI=1S/C17H19N5O3/c1-10(2)9-25-15-8-11(4-7-14(15)24-3)13-6-5-12(17(23)18-13)16-19-21-22-20-16/h4-8,10H,9H2,1-3H3,(H,18,23)(H,19,20,21,22). The Labute approximate surface area is 144 Å². The van der Waals surface area contributed by atoms with Gasteiger partial charge in [0.15, 0.2) is 11.5 Å². The van der Waals surface area contributed by atoms with Gasteiger partial charge in [0.2, 0.25) is 5.82 Å². The lowest BCUT2D eigenvalue weighted by Crippen LogP contribution is -2.10. The van der Waals surface area contributed by atoms with Gasteiger partial charge in [-0.15, -0.1) is 10.2 Å². The van der Waals surface area contributed by atoms with Crippen molar-refractivity contribution in [3.8, 4) is 34.1 Å². The van der Waals surface area contributed by atoms with Crippen molar-refractivity contribution < 1.29 is 9.47 Å². The van der Waals surface area contributed by atoms with Crippen molar-refractivity contribution in [3.63, 3.8) is 0 Å². The van der Waals surface area contributed by atoms with E-state index in [2.05, 4.69) is 39.5 Å². The number of hydrogen-bond acceptors (Lipinski definition) is 6. The van der Waals surface area contributed by atoms with Gasteiger partial charge < -0.3 is 14.5 Å². The average Bonchev–Trinajstić information content (AvgIpc) is 3.13. The van der Waals surface area contributed by atoms with Crippen LogP contribution in [0.15, 0.2) is 35.1 Å². The van der Waals surface area contributed by atoms with Crippen LogP contribution in [0.1, 0.15) is 13.8 Å². The molecule has 2 N–H and O–H groups in total. The number of aromatic amines is 2. The fourth-order valence-corrected chi connectivity index (χ4v) is 2.31. The van der Waals surface area contributed by atoms with Crippen LogP contribution in [-0.4, -0.2) is 39.3 Å². The summed E-state index contributed by atoms with van der Waals surface area (Å²) >= 11 is 0. The minimum atomic E-state index is -0.292. The fourth-order valence-electron chi connectivity index (χ4n) is 2.31. The van der Waals surface area contributed by atoms with E-state index in [0.29, 0.717) is 35.3 Å². The molecule has 0 bridgehead atoms. The predicted octanol–water partition coefficient (Wildman–Crippen LogP) is 2.27. The maximum atomic E-state index is 12.3. The molecule has 1 aromatic carbocycles. The minimum Gasteiger partial charge on any atom is -0.493 e. The van der Waals surface area contributed by atoms with E-state index in [1.54, 1.807) is 19.2 Å². The first-order chi connectivity index (χ1) is 12.1. The van der Waals surface area contributed by atoms with Gasteiger partial charge in [-0.3, -0.25) is 4.79 Å². The molecule has 2 aromatic heterocycles. The number of tetrazole rings is 1. The van der Waals surface area contributed by atoms with Crippen molar-refractivity contribution in [1.82, 2.24) is 25.6 Å². The third-order valence-electron chi connectivity index (χ3n) is 3.54. The zero-order chi connectivity index (χ0) is 17.8. The minimum absolute atomic E-state index is 0.253. The largest absolute Gasteiger partial charge is 0.493 e. The number of methoxy groups -OCH3 is 1. The lowest BCUT2D eigenvalue weighted by molar-refractivity contribution is 0.257. The first kappa shape index (κ1) is 16.7. The molecule has 0 aliphatic rings. The van der Waals surface area contributed by atoms with Crippen LogP contribution in [0.25, 0.3) is 22.6 Å². The van der Waals surface area contributed by atoms with Crippen molar-refractivity contribution >= 4 is 0 Å². The maximum absolute atomic E-state index is 12.3. The molecule has 0 radical (unpaired) electrons. The summed E-state index contributed by atoms with van der Waals surface area (Å²) in [6.45, 7) is 4.72. The number of aromatic nitrogens is 5. The van der Waals surface area contributed by atoms with E-state index < -0.39 is 0 Å². The second-order valence-corrected chi connectivity index (χ2v) is 5.92. The average molecular weight is 341 g/mol. The zero-order valence-electron chi connectivity index (χ0n) is 14.2. The Morgan fingerprint density at radius 1 is 1.16 bits per heavy atom. The topological polar surface area (TPSA) is 106 Å². The van der Waals surface area contributed by atoms with E-state index in [1.165, 1.54) is 0 Å². The predicted molar refractivity (Wildman–Crippen MR) is 92.6 cm³/mol. The van der Waals surface area contributed by atoms with Gasteiger partial charge in [0, 0.05) is 11.3 Å². The summed E-state index contributed by atoms with van der Waals surface area (Å²) in [6.07, 6.45) is 0. The number of rotatable bonds is 6. The lowest BCUT2D eigenvalue weighted by atomic mass is 10.1. The quantitative estimate of drug-likeness (QED) is 0.712. The number of H-pyrrole nitrogens is 2. The highest BCUT2D eigenvalue weighted by Crippen LogP contribution is 2.32. The van der Waals surface area contributed by atoms with Gasteiger partial charge in [0.05, 0.1) is 19.3 Å². The van der Waals surface area contributed by atoms with Crippen molar-refractivity contribution in [3.05, 3.63) is 40.7 Å². The monoisotopic (exact) mass is 341 g/mol. The van der Waals surface area contributed by atoms with E-state index in [1.807, 2.05) is 18.2 Å². The Kier molecular flexibility index (Phi) is 4.78. The summed E-state index contributed by atoms with van der Waals surface area (Å²) in [6, 6.07) is 8.98. The summed E-state index contributed by atoms with van der Waals surface area (Å²) in [7, 11) is 1.60. The Balaban J connectivity index is 1.95. The van der Waals surface area contributed by atoms with Gasteiger partial charge in [-0.2, -0.15) is 5.21 Å². The summed E-state index contributed by atoms with van der Waals surface area (Å²) in [5.41, 5.74) is 1.53. The number of hydrogen-bond donors (Lipinski definition) is 2. The Bertz CT molecular complexity index is 903. The summed E-state index contributed by atoms with van der Waals surface area (Å²) < 4.78 is 11.2. The molecule has 3 aromatic rings. The fraction of sp³-hybridized carbons (Fsp3) is 0.294. The van der Waals surface area contributed by atoms with Gasteiger partial charge in [-0.1, -0.05) is 13.8 Å². The molecule has 130 valence electrons. The Hall–Kier alpha value is -3.16. The molecule has 2 heterocycles. The van der Waals surface area contributed by atoms with Crippen LogP contribution >= 0.6 is 0 Å². The van der Waals surface area contributed by atoms with Crippen LogP contribution in [0.3, 0.4) is 0 Å². The van der Waals surface area contributed by atoms with Crippen molar-refractivity contribution in [2.75, 3.05) is 13.7 Å². The highest BCUT2D eigenvalue weighted by Gasteiger charge is 2.12. The molecule has 0 atom stereocenters. The van der Waals surface area contributed by atoms with E-state index in [-0.39, 0.29) is 11.4 Å². The van der Waals surface area contributed by atoms with Gasteiger partial charge in [-0.25, -0.2) is 0 Å². The van der Waals surface area contributed by atoms with Gasteiger partial charge in [0.1, 0.15) is 0 Å². The summed E-state index contributed by atoms with van der Waals surface area (Å²) in [5.74, 6) is 1.93. The molecule has 0 fully saturated rings. The third-order valence-corrected chi connectivity index (χ3v) is 3.54. The SMILES string of the molecule is COc1ccc(-c2ccc(-c3nn[nH]n3)c(=O)[nH]2)cc1OCC(C)C. The van der Waals surface area contributed by atoms with E-state index in [0.717, 1.165) is 5.56 Å². The number of pyridine rings is 1. The molecule has 0 aliphatic carbocycles. The Morgan fingerprint density at radius 2 is 2.00 bits per heavy atom. The summed E-state index contributed by atoms with van der Waals surface area (Å²) in [4.78, 5) is 15.1. The Morgan fingerprint density at radius 3 is 2.64 bits per heavy atom. The van der Waals surface area contributed by atoms with Crippen molar-refractivity contribution in [1.29, 1.82) is 0 Å². The number of benzene rings is 1. The summed E-state index contributed by atoms with van der Waals surface area (Å²) in [5, 5.41) is 13.4. The molecular formula is C17H19N5O3. The molecule has 25 heavy (non-hydrogen) atoms. The van der Waals surface area contributed by atoms with Crippen LogP contribution in [0, 0.1) is 5.92 Å². The smallest absolute Gasteiger partial charge is 0.259 e. The zero-order valence-corrected chi connectivity index (χ0v) is 14.2. The van der Waals surface area contributed by atoms with Gasteiger partial charge in [0.25, 0.3) is 5.56 Å². The highest BCUT2D eigenvalue weighted by molar-refractivity contribution is 5.66. The van der Waals surface area contributed by atoms with Crippen LogP contribution in [0.5, 0.6) is 11.5 Å². The van der Waals surface area contributed by atoms with Gasteiger partial charge in [-0.05, 0) is 41.5 Å². The van der Waals surface area contributed by atoms with Crippen molar-refractivity contribution in [2.45, 2.75) is 13.8 Å². The maximum Gasteiger partial charge on any atom is 0.259 e. The molecule has 3 rings (SSSR count). The lowest BCUT2D eigenvalue weighted by Gasteiger charge is -2.14. The molecule has 0 amide bonds. The van der Waals surface area contributed by atoms with Crippen LogP contribution in [0.2, 0.25) is 0 Å². The number of nitrogens with zero attached hydrogens (tertiary/aromatic N) is 3. The molecule has 8 heteroatoms. The molecular weight excluding hydrogens is 322 g/mol. The first-order valence-corrected chi connectivity index (χ1v) is 7.87. The van der Waals surface area contributed by atoms with Crippen LogP contribution in [-0.2, 0) is 0 Å². The van der Waals surface area contributed by atoms with E-state index in [9.17, 15) is 4.79 Å². The normalized spacial score (nSPS) is 10.9. The van der Waals surface area contributed by atoms with Crippen LogP contribution < -0.4 is 15.0 Å². The second-order valence-electron chi connectivity index (χ2n) is 5.92. The molecule has 0 unspecified atom stereocenters. The molecule has 0 saturated heterocycles. The van der Waals surface area contributed by atoms with E-state index >= 15 is 0 Å². The molecule has 0 aliphatic heterocycles. The van der Waals surface area contributed by atoms with E-state index in [4.69, 9.17) is 9.47 Å². The van der Waals surface area contributed by atoms with Crippen LogP contribution in [0.4, 0.5) is 0 Å². The first-order valence-electron chi connectivity index (χ1n) is 7.87. The molecule has 0 spiro atoms. The third kappa shape index (κ3) is 3.68. The highest BCUT2D eigenvalue weighted by atomic mass is 16.5. The number of ether oxygens (including phenoxy) is 2. The second kappa shape index (κ2) is 7.16.